The first-order chi connectivity index (χ1) is 12.9. The summed E-state index contributed by atoms with van der Waals surface area (Å²) in [6.07, 6.45) is 0.906. The van der Waals surface area contributed by atoms with Crippen molar-refractivity contribution in [1.29, 1.82) is 0 Å². The van der Waals surface area contributed by atoms with Gasteiger partial charge in [0.2, 0.25) is 11.8 Å². The summed E-state index contributed by atoms with van der Waals surface area (Å²) in [7, 11) is 1.57. The van der Waals surface area contributed by atoms with Crippen LogP contribution in [-0.2, 0) is 9.59 Å². The number of para-hydroxylation sites is 1. The van der Waals surface area contributed by atoms with Gasteiger partial charge < -0.3 is 15.5 Å². The molecule has 2 aromatic carbocycles. The molecule has 3 amide bonds. The highest BCUT2D eigenvalue weighted by atomic mass is 16.2. The Hall–Kier alpha value is -3.15. The van der Waals surface area contributed by atoms with Gasteiger partial charge in [0.15, 0.2) is 0 Å². The predicted molar refractivity (Wildman–Crippen MR) is 104 cm³/mol. The van der Waals surface area contributed by atoms with Gasteiger partial charge >= 0.3 is 0 Å². The molecule has 6 heteroatoms. The van der Waals surface area contributed by atoms with Crippen molar-refractivity contribution in [1.82, 2.24) is 4.90 Å². The Morgan fingerprint density at radius 3 is 2.33 bits per heavy atom. The molecule has 27 heavy (non-hydrogen) atoms. The standard InChI is InChI=1S/C21H23N3O3/c1-14-11-18(14)20(26)23-17-10-6-7-15(12-17)21(27)24(2)13-19(25)22-16-8-4-3-5-9-16/h3-10,12,14,18H,11,13H2,1-2H3,(H,22,25)(H,23,26). The lowest BCUT2D eigenvalue weighted by molar-refractivity contribution is -0.118. The molecule has 0 spiro atoms. The van der Waals surface area contributed by atoms with Crippen LogP contribution in [0.5, 0.6) is 0 Å². The molecule has 0 heterocycles. The predicted octanol–water partition coefficient (Wildman–Crippen LogP) is 2.99. The molecule has 1 aliphatic carbocycles. The molecular weight excluding hydrogens is 342 g/mol. The zero-order chi connectivity index (χ0) is 19.4. The number of nitrogens with one attached hydrogen (secondary N) is 2. The second-order valence-corrected chi connectivity index (χ2v) is 6.96. The van der Waals surface area contributed by atoms with Gasteiger partial charge in [0.1, 0.15) is 0 Å². The van der Waals surface area contributed by atoms with Crippen LogP contribution in [0, 0.1) is 11.8 Å². The maximum atomic E-state index is 12.6. The second-order valence-electron chi connectivity index (χ2n) is 6.96. The third kappa shape index (κ3) is 4.94. The van der Waals surface area contributed by atoms with Crippen LogP contribution in [0.15, 0.2) is 54.6 Å². The van der Waals surface area contributed by atoms with Crippen molar-refractivity contribution >= 4 is 29.1 Å². The molecule has 0 radical (unpaired) electrons. The molecule has 0 bridgehead atoms. The van der Waals surface area contributed by atoms with Crippen molar-refractivity contribution in [3.63, 3.8) is 0 Å². The van der Waals surface area contributed by atoms with E-state index in [1.54, 1.807) is 43.4 Å². The van der Waals surface area contributed by atoms with Crippen LogP contribution in [0.4, 0.5) is 11.4 Å². The first-order valence-corrected chi connectivity index (χ1v) is 8.95. The van der Waals surface area contributed by atoms with E-state index in [1.807, 2.05) is 25.1 Å². The van der Waals surface area contributed by atoms with E-state index in [0.29, 0.717) is 22.9 Å². The fourth-order valence-electron chi connectivity index (χ4n) is 2.88. The smallest absolute Gasteiger partial charge is 0.254 e. The van der Waals surface area contributed by atoms with E-state index in [4.69, 9.17) is 0 Å². The minimum Gasteiger partial charge on any atom is -0.332 e. The van der Waals surface area contributed by atoms with Crippen molar-refractivity contribution in [3.8, 4) is 0 Å². The number of carbonyl (C=O) groups excluding carboxylic acids is 3. The number of likely N-dealkylation sites (N-methyl/N-ethyl adjacent to an activating group) is 1. The van der Waals surface area contributed by atoms with Gasteiger partial charge in [-0.2, -0.15) is 0 Å². The molecule has 2 aromatic rings. The Kier molecular flexibility index (Phi) is 5.54. The molecule has 2 unspecified atom stereocenters. The number of hydrogen-bond donors (Lipinski definition) is 2. The first kappa shape index (κ1) is 18.6. The molecule has 1 saturated carbocycles. The Morgan fingerprint density at radius 2 is 1.67 bits per heavy atom. The molecule has 1 aliphatic rings. The van der Waals surface area contributed by atoms with Gasteiger partial charge in [-0.15, -0.1) is 0 Å². The average molecular weight is 365 g/mol. The van der Waals surface area contributed by atoms with Gasteiger partial charge in [-0.05, 0) is 42.7 Å². The van der Waals surface area contributed by atoms with Gasteiger partial charge in [-0.1, -0.05) is 31.2 Å². The van der Waals surface area contributed by atoms with E-state index in [9.17, 15) is 14.4 Å². The topological polar surface area (TPSA) is 78.5 Å². The molecule has 0 aromatic heterocycles. The van der Waals surface area contributed by atoms with Crippen LogP contribution in [0.3, 0.4) is 0 Å². The van der Waals surface area contributed by atoms with Gasteiger partial charge in [0.25, 0.3) is 5.91 Å². The summed E-state index contributed by atoms with van der Waals surface area (Å²) in [6, 6.07) is 15.9. The van der Waals surface area contributed by atoms with E-state index >= 15 is 0 Å². The van der Waals surface area contributed by atoms with Crippen LogP contribution in [0.2, 0.25) is 0 Å². The molecule has 2 N–H and O–H groups in total. The van der Waals surface area contributed by atoms with Gasteiger partial charge in [0, 0.05) is 29.9 Å². The number of rotatable bonds is 6. The van der Waals surface area contributed by atoms with Crippen molar-refractivity contribution in [2.45, 2.75) is 13.3 Å². The third-order valence-electron chi connectivity index (χ3n) is 4.61. The summed E-state index contributed by atoms with van der Waals surface area (Å²) in [5.41, 5.74) is 1.70. The summed E-state index contributed by atoms with van der Waals surface area (Å²) in [6.45, 7) is 1.98. The summed E-state index contributed by atoms with van der Waals surface area (Å²) in [5, 5.41) is 5.60. The zero-order valence-electron chi connectivity index (χ0n) is 15.4. The number of anilines is 2. The van der Waals surface area contributed by atoms with Crippen molar-refractivity contribution in [2.24, 2.45) is 11.8 Å². The number of benzene rings is 2. The highest BCUT2D eigenvalue weighted by Crippen LogP contribution is 2.38. The van der Waals surface area contributed by atoms with Crippen molar-refractivity contribution < 1.29 is 14.4 Å². The van der Waals surface area contributed by atoms with E-state index in [2.05, 4.69) is 10.6 Å². The molecule has 0 saturated heterocycles. The Labute approximate surface area is 158 Å². The number of nitrogens with zero attached hydrogens (tertiary/aromatic N) is 1. The highest BCUT2D eigenvalue weighted by molar-refractivity contribution is 6.01. The fourth-order valence-corrected chi connectivity index (χ4v) is 2.88. The second kappa shape index (κ2) is 8.03. The lowest BCUT2D eigenvalue weighted by Crippen LogP contribution is -2.35. The van der Waals surface area contributed by atoms with Crippen LogP contribution < -0.4 is 10.6 Å². The van der Waals surface area contributed by atoms with Gasteiger partial charge in [0.05, 0.1) is 6.54 Å². The Balaban J connectivity index is 1.58. The minimum atomic E-state index is -0.283. The third-order valence-corrected chi connectivity index (χ3v) is 4.61. The van der Waals surface area contributed by atoms with E-state index in [0.717, 1.165) is 6.42 Å². The summed E-state index contributed by atoms with van der Waals surface area (Å²) in [4.78, 5) is 38.1. The number of amides is 3. The fraction of sp³-hybridized carbons (Fsp3) is 0.286. The molecule has 0 aliphatic heterocycles. The molecule has 140 valence electrons. The summed E-state index contributed by atoms with van der Waals surface area (Å²) in [5.74, 6) is -0.0844. The number of hydrogen-bond acceptors (Lipinski definition) is 3. The molecule has 2 atom stereocenters. The maximum Gasteiger partial charge on any atom is 0.254 e. The van der Waals surface area contributed by atoms with Crippen LogP contribution in [0.25, 0.3) is 0 Å². The summed E-state index contributed by atoms with van der Waals surface area (Å²) >= 11 is 0. The molecule has 1 fully saturated rings. The van der Waals surface area contributed by atoms with Crippen molar-refractivity contribution in [2.75, 3.05) is 24.2 Å². The Morgan fingerprint density at radius 1 is 1.00 bits per heavy atom. The van der Waals surface area contributed by atoms with Crippen LogP contribution in [0.1, 0.15) is 23.7 Å². The molecule has 6 nitrogen and oxygen atoms in total. The largest absolute Gasteiger partial charge is 0.332 e. The monoisotopic (exact) mass is 365 g/mol. The quantitative estimate of drug-likeness (QED) is 0.826. The van der Waals surface area contributed by atoms with E-state index < -0.39 is 0 Å². The molecular formula is C21H23N3O3. The van der Waals surface area contributed by atoms with Crippen molar-refractivity contribution in [3.05, 3.63) is 60.2 Å². The highest BCUT2D eigenvalue weighted by Gasteiger charge is 2.39. The van der Waals surface area contributed by atoms with Crippen LogP contribution in [-0.4, -0.2) is 36.2 Å². The maximum absolute atomic E-state index is 12.6. The lowest BCUT2D eigenvalue weighted by Gasteiger charge is -2.17. The van der Waals surface area contributed by atoms with Gasteiger partial charge in [-0.3, -0.25) is 14.4 Å². The van der Waals surface area contributed by atoms with E-state index in [-0.39, 0.29) is 30.2 Å². The van der Waals surface area contributed by atoms with Crippen LogP contribution >= 0.6 is 0 Å². The normalized spacial score (nSPS) is 17.7. The van der Waals surface area contributed by atoms with Gasteiger partial charge in [-0.25, -0.2) is 0 Å². The SMILES string of the molecule is CC1CC1C(=O)Nc1cccc(C(=O)N(C)CC(=O)Nc2ccccc2)c1. The average Bonchev–Trinajstić information content (AvgIpc) is 3.39. The minimum absolute atomic E-state index is 0.0114. The lowest BCUT2D eigenvalue weighted by atomic mass is 10.1. The first-order valence-electron chi connectivity index (χ1n) is 8.95. The molecule has 3 rings (SSSR count). The number of carbonyl (C=O) groups is 3. The Bertz CT molecular complexity index is 851. The zero-order valence-corrected chi connectivity index (χ0v) is 15.4. The van der Waals surface area contributed by atoms with E-state index in [1.165, 1.54) is 4.90 Å². The summed E-state index contributed by atoms with van der Waals surface area (Å²) < 4.78 is 0.